The van der Waals surface area contributed by atoms with E-state index in [0.29, 0.717) is 30.3 Å². The number of ether oxygens (including phenoxy) is 1. The average Bonchev–Trinajstić information content (AvgIpc) is 3.19. The molecule has 9 nitrogen and oxygen atoms in total. The summed E-state index contributed by atoms with van der Waals surface area (Å²) in [4.78, 5) is 62.1. The van der Waals surface area contributed by atoms with E-state index in [2.05, 4.69) is 5.32 Å². The quantitative estimate of drug-likeness (QED) is 0.383. The van der Waals surface area contributed by atoms with Gasteiger partial charge >= 0.3 is 23.8 Å². The van der Waals surface area contributed by atoms with Gasteiger partial charge in [-0.05, 0) is 25.1 Å². The number of benzene rings is 1. The van der Waals surface area contributed by atoms with Crippen LogP contribution in [0.3, 0.4) is 0 Å². The molecule has 1 aromatic heterocycles. The van der Waals surface area contributed by atoms with Crippen LogP contribution in [0.5, 0.6) is 0 Å². The summed E-state index contributed by atoms with van der Waals surface area (Å²) in [6.45, 7) is 1.06. The van der Waals surface area contributed by atoms with Crippen molar-refractivity contribution in [3.63, 3.8) is 0 Å². The first-order valence-electron chi connectivity index (χ1n) is 8.83. The molecular formula is C19H15Cl2N3O6S. The van der Waals surface area contributed by atoms with E-state index in [1.807, 2.05) is 0 Å². The third kappa shape index (κ3) is 4.55. The van der Waals surface area contributed by atoms with Crippen LogP contribution in [0.1, 0.15) is 16.6 Å². The van der Waals surface area contributed by atoms with Crippen LogP contribution in [-0.2, 0) is 19.1 Å². The van der Waals surface area contributed by atoms with Crippen LogP contribution in [0.2, 0.25) is 10.0 Å². The Kier molecular flexibility index (Phi) is 6.63. The molecule has 1 fully saturated rings. The zero-order valence-electron chi connectivity index (χ0n) is 16.2. The molecule has 0 atom stereocenters. The summed E-state index contributed by atoms with van der Waals surface area (Å²) in [6.07, 6.45) is 0. The summed E-state index contributed by atoms with van der Waals surface area (Å²) in [6, 6.07) is 5.45. The number of esters is 1. The van der Waals surface area contributed by atoms with Crippen molar-refractivity contribution in [2.24, 2.45) is 0 Å². The van der Waals surface area contributed by atoms with Crippen LogP contribution in [0.15, 0.2) is 24.3 Å². The van der Waals surface area contributed by atoms with E-state index < -0.39 is 36.3 Å². The van der Waals surface area contributed by atoms with Crippen molar-refractivity contribution in [1.29, 1.82) is 0 Å². The Morgan fingerprint density at radius 3 is 2.42 bits per heavy atom. The standard InChI is InChI=1S/C19H15Cl2N3O6S/c1-3-30-18(28)15-12(7-13(31-15)10-5-4-9(20)6-11(10)21)22-14(25)8-24-17(27)16(26)23(2)19(24)29/h4-7H,3,8H2,1-2H3,(H,22,25). The zero-order valence-corrected chi connectivity index (χ0v) is 18.6. The van der Waals surface area contributed by atoms with Gasteiger partial charge in [0.25, 0.3) is 0 Å². The van der Waals surface area contributed by atoms with E-state index in [-0.39, 0.29) is 17.2 Å². The van der Waals surface area contributed by atoms with E-state index in [4.69, 9.17) is 27.9 Å². The highest BCUT2D eigenvalue weighted by molar-refractivity contribution is 7.18. The van der Waals surface area contributed by atoms with Crippen LogP contribution >= 0.6 is 34.5 Å². The third-order valence-electron chi connectivity index (χ3n) is 4.22. The molecule has 1 aliphatic rings. The number of hydrogen-bond acceptors (Lipinski definition) is 7. The summed E-state index contributed by atoms with van der Waals surface area (Å²) >= 11 is 13.2. The lowest BCUT2D eigenvalue weighted by Crippen LogP contribution is -2.38. The molecule has 0 aliphatic carbocycles. The lowest BCUT2D eigenvalue weighted by Gasteiger charge is -2.12. The first-order valence-corrected chi connectivity index (χ1v) is 10.4. The van der Waals surface area contributed by atoms with Gasteiger partial charge in [0, 0.05) is 22.5 Å². The molecule has 0 bridgehead atoms. The number of hydrogen-bond donors (Lipinski definition) is 1. The Balaban J connectivity index is 1.88. The number of urea groups is 1. The molecule has 12 heteroatoms. The predicted molar refractivity (Wildman–Crippen MR) is 114 cm³/mol. The SMILES string of the molecule is CCOC(=O)c1sc(-c2ccc(Cl)cc2Cl)cc1NC(=O)CN1C(=O)C(=O)N(C)C1=O. The van der Waals surface area contributed by atoms with Crippen LogP contribution in [0.4, 0.5) is 10.5 Å². The fourth-order valence-corrected chi connectivity index (χ4v) is 4.35. The minimum Gasteiger partial charge on any atom is -0.462 e. The Labute approximate surface area is 190 Å². The summed E-state index contributed by atoms with van der Waals surface area (Å²) in [7, 11) is 1.14. The molecule has 31 heavy (non-hydrogen) atoms. The molecule has 0 radical (unpaired) electrons. The third-order valence-corrected chi connectivity index (χ3v) is 5.91. The monoisotopic (exact) mass is 483 g/mol. The van der Waals surface area contributed by atoms with E-state index in [1.54, 1.807) is 25.1 Å². The lowest BCUT2D eigenvalue weighted by atomic mass is 10.2. The van der Waals surface area contributed by atoms with Crippen molar-refractivity contribution < 1.29 is 28.7 Å². The molecule has 162 valence electrons. The van der Waals surface area contributed by atoms with E-state index in [1.165, 1.54) is 6.07 Å². The predicted octanol–water partition coefficient (Wildman–Crippen LogP) is 3.26. The molecule has 2 heterocycles. The molecule has 3 rings (SSSR count). The van der Waals surface area contributed by atoms with Crippen molar-refractivity contribution in [1.82, 2.24) is 9.80 Å². The Hall–Kier alpha value is -2.95. The minimum absolute atomic E-state index is 0.100. The van der Waals surface area contributed by atoms with Crippen molar-refractivity contribution in [3.8, 4) is 10.4 Å². The molecule has 1 aromatic carbocycles. The maximum Gasteiger partial charge on any atom is 0.350 e. The number of carbonyl (C=O) groups excluding carboxylic acids is 5. The van der Waals surface area contributed by atoms with Gasteiger partial charge in [0.1, 0.15) is 11.4 Å². The second kappa shape index (κ2) is 9.04. The van der Waals surface area contributed by atoms with Crippen LogP contribution in [0.25, 0.3) is 10.4 Å². The van der Waals surface area contributed by atoms with Crippen molar-refractivity contribution >= 4 is 69.9 Å². The normalized spacial score (nSPS) is 13.7. The minimum atomic E-state index is -1.10. The van der Waals surface area contributed by atoms with Gasteiger partial charge in [0.2, 0.25) is 5.91 Å². The molecule has 5 amide bonds. The number of nitrogens with one attached hydrogen (secondary N) is 1. The van der Waals surface area contributed by atoms with Gasteiger partial charge in [-0.15, -0.1) is 11.3 Å². The maximum atomic E-state index is 12.5. The smallest absolute Gasteiger partial charge is 0.350 e. The largest absolute Gasteiger partial charge is 0.462 e. The summed E-state index contributed by atoms with van der Waals surface area (Å²) in [5.41, 5.74) is 0.701. The molecule has 1 N–H and O–H groups in total. The van der Waals surface area contributed by atoms with Gasteiger partial charge in [-0.3, -0.25) is 19.3 Å². The lowest BCUT2D eigenvalue weighted by molar-refractivity contribution is -0.143. The second-order valence-corrected chi connectivity index (χ2v) is 8.18. The Morgan fingerprint density at radius 2 is 1.84 bits per heavy atom. The van der Waals surface area contributed by atoms with Gasteiger partial charge in [-0.2, -0.15) is 0 Å². The number of nitrogens with zero attached hydrogens (tertiary/aromatic N) is 2. The fourth-order valence-electron chi connectivity index (χ4n) is 2.74. The van der Waals surface area contributed by atoms with Gasteiger partial charge < -0.3 is 10.1 Å². The fraction of sp³-hybridized carbons (Fsp3) is 0.211. The zero-order chi connectivity index (χ0) is 22.9. The number of likely N-dealkylation sites (N-methyl/N-ethyl adjacent to an activating group) is 1. The number of anilines is 1. The van der Waals surface area contributed by atoms with Crippen molar-refractivity contribution in [2.45, 2.75) is 6.92 Å². The Bertz CT molecular complexity index is 1120. The van der Waals surface area contributed by atoms with E-state index in [9.17, 15) is 24.0 Å². The first kappa shape index (κ1) is 22.7. The average molecular weight is 484 g/mol. The summed E-state index contributed by atoms with van der Waals surface area (Å²) in [5.74, 6) is -3.57. The van der Waals surface area contributed by atoms with E-state index in [0.717, 1.165) is 18.4 Å². The molecule has 2 aromatic rings. The van der Waals surface area contributed by atoms with Crippen LogP contribution in [-0.4, -0.2) is 59.7 Å². The molecular weight excluding hydrogens is 469 g/mol. The molecule has 1 saturated heterocycles. The highest BCUT2D eigenvalue weighted by atomic mass is 35.5. The highest BCUT2D eigenvalue weighted by Crippen LogP contribution is 2.39. The van der Waals surface area contributed by atoms with E-state index >= 15 is 0 Å². The molecule has 1 aliphatic heterocycles. The maximum absolute atomic E-state index is 12.5. The number of amides is 5. The van der Waals surface area contributed by atoms with Gasteiger partial charge in [0.05, 0.1) is 17.3 Å². The summed E-state index contributed by atoms with van der Waals surface area (Å²) in [5, 5.41) is 3.27. The number of imide groups is 2. The molecule has 0 spiro atoms. The van der Waals surface area contributed by atoms with Crippen LogP contribution in [0, 0.1) is 0 Å². The molecule has 0 saturated carbocycles. The highest BCUT2D eigenvalue weighted by Gasteiger charge is 2.43. The first-order chi connectivity index (χ1) is 14.6. The summed E-state index contributed by atoms with van der Waals surface area (Å²) < 4.78 is 5.04. The topological polar surface area (TPSA) is 113 Å². The number of halogens is 2. The number of carbonyl (C=O) groups is 5. The van der Waals surface area contributed by atoms with Crippen LogP contribution < -0.4 is 5.32 Å². The second-order valence-electron chi connectivity index (χ2n) is 6.28. The van der Waals surface area contributed by atoms with Gasteiger partial charge in [-0.1, -0.05) is 29.3 Å². The number of thiophene rings is 1. The van der Waals surface area contributed by atoms with Crippen molar-refractivity contribution in [3.05, 3.63) is 39.2 Å². The molecule has 0 unspecified atom stereocenters. The number of rotatable bonds is 6. The van der Waals surface area contributed by atoms with Gasteiger partial charge in [0.15, 0.2) is 0 Å². The van der Waals surface area contributed by atoms with Gasteiger partial charge in [-0.25, -0.2) is 14.5 Å². The van der Waals surface area contributed by atoms with Crippen molar-refractivity contribution in [2.75, 3.05) is 25.5 Å². The Morgan fingerprint density at radius 1 is 1.13 bits per heavy atom.